The smallest absolute Gasteiger partial charge is 0.272 e. The summed E-state index contributed by atoms with van der Waals surface area (Å²) in [5, 5.41) is 14.0. The quantitative estimate of drug-likeness (QED) is 0.568. The van der Waals surface area contributed by atoms with E-state index in [9.17, 15) is 9.59 Å². The second kappa shape index (κ2) is 6.70. The predicted octanol–water partition coefficient (Wildman–Crippen LogP) is 1.38. The van der Waals surface area contributed by atoms with Crippen molar-refractivity contribution in [3.8, 4) is 6.07 Å². The first kappa shape index (κ1) is 16.2. The monoisotopic (exact) mass is 314 g/mol. The van der Waals surface area contributed by atoms with E-state index in [1.54, 1.807) is 20.0 Å². The fourth-order valence-electron chi connectivity index (χ4n) is 1.92. The van der Waals surface area contributed by atoms with Gasteiger partial charge in [0, 0.05) is 24.5 Å². The summed E-state index contributed by atoms with van der Waals surface area (Å²) < 4.78 is 0. The Morgan fingerprint density at radius 2 is 2.09 bits per heavy atom. The lowest BCUT2D eigenvalue weighted by molar-refractivity contribution is 0.0945. The van der Waals surface area contributed by atoms with Crippen molar-refractivity contribution in [2.75, 3.05) is 17.6 Å². The van der Waals surface area contributed by atoms with Crippen molar-refractivity contribution in [3.63, 3.8) is 0 Å². The maximum Gasteiger partial charge on any atom is 0.272 e. The number of nitrogens with two attached hydrogens (primary N) is 1. The van der Waals surface area contributed by atoms with Crippen molar-refractivity contribution in [1.82, 2.24) is 15.3 Å². The molecule has 0 aliphatic carbocycles. The average molecular weight is 314 g/mol. The number of carbonyl (C=O) groups is 2. The summed E-state index contributed by atoms with van der Waals surface area (Å²) in [6, 6.07) is 3.55. The van der Waals surface area contributed by atoms with Gasteiger partial charge in [-0.15, -0.1) is 0 Å². The van der Waals surface area contributed by atoms with Crippen LogP contribution in [-0.4, -0.2) is 28.3 Å². The van der Waals surface area contributed by atoms with Gasteiger partial charge in [-0.2, -0.15) is 5.26 Å². The molecule has 8 heteroatoms. The number of amides is 2. The van der Waals surface area contributed by atoms with E-state index in [2.05, 4.69) is 20.6 Å². The van der Waals surface area contributed by atoms with E-state index in [-0.39, 0.29) is 24.3 Å². The minimum absolute atomic E-state index is 0.261. The van der Waals surface area contributed by atoms with Crippen LogP contribution in [-0.2, 0) is 0 Å². The minimum Gasteiger partial charge on any atom is -0.397 e. The van der Waals surface area contributed by atoms with E-state index in [0.29, 0.717) is 28.3 Å². The predicted molar refractivity (Wildman–Crippen MR) is 85.8 cm³/mol. The maximum atomic E-state index is 12.1. The number of aromatic amines is 2. The Kier molecular flexibility index (Phi) is 4.71. The summed E-state index contributed by atoms with van der Waals surface area (Å²) in [5.74, 6) is -0.953. The molecule has 2 amide bonds. The van der Waals surface area contributed by atoms with Gasteiger partial charge in [0.1, 0.15) is 11.4 Å². The molecule has 2 aromatic rings. The van der Waals surface area contributed by atoms with Crippen LogP contribution in [0.3, 0.4) is 0 Å². The third-order valence-corrected chi connectivity index (χ3v) is 3.38. The van der Waals surface area contributed by atoms with Crippen LogP contribution in [0.25, 0.3) is 0 Å². The van der Waals surface area contributed by atoms with Crippen LogP contribution >= 0.6 is 0 Å². The van der Waals surface area contributed by atoms with Crippen molar-refractivity contribution in [3.05, 3.63) is 35.4 Å². The number of hydrogen-bond donors (Lipinski definition) is 5. The topological polar surface area (TPSA) is 140 Å². The standard InChI is InChI=1S/C15H18N6O2/c1-8(4-16)5-20-14(22)12-3-10(6-18-12)21-15(23)13-9(2)11(17)7-19-13/h3,6-8,18-19H,5,17H2,1-2H3,(H,20,22)(H,21,23). The highest BCUT2D eigenvalue weighted by Crippen LogP contribution is 2.17. The lowest BCUT2D eigenvalue weighted by atomic mass is 10.2. The average Bonchev–Trinajstić information content (AvgIpc) is 3.12. The molecular formula is C15H18N6O2. The number of nitrogens with zero attached hydrogens (tertiary/aromatic N) is 1. The van der Waals surface area contributed by atoms with Gasteiger partial charge in [-0.3, -0.25) is 9.59 Å². The fourth-order valence-corrected chi connectivity index (χ4v) is 1.92. The molecule has 0 bridgehead atoms. The molecule has 0 fully saturated rings. The first-order valence-corrected chi connectivity index (χ1v) is 7.03. The SMILES string of the molecule is Cc1c(N)c[nH]c1C(=O)Nc1c[nH]c(C(=O)NCC(C)C#N)c1. The second-order valence-electron chi connectivity index (χ2n) is 5.24. The fraction of sp³-hybridized carbons (Fsp3) is 0.267. The van der Waals surface area contributed by atoms with Crippen molar-refractivity contribution < 1.29 is 9.59 Å². The van der Waals surface area contributed by atoms with Crippen LogP contribution in [0.15, 0.2) is 18.5 Å². The summed E-state index contributed by atoms with van der Waals surface area (Å²) in [5.41, 5.74) is 8.00. The number of nitrogen functional groups attached to an aromatic ring is 1. The van der Waals surface area contributed by atoms with Gasteiger partial charge in [0.25, 0.3) is 11.8 Å². The summed E-state index contributed by atoms with van der Waals surface area (Å²) in [6.45, 7) is 3.72. The van der Waals surface area contributed by atoms with E-state index >= 15 is 0 Å². The van der Waals surface area contributed by atoms with Gasteiger partial charge in [0.2, 0.25) is 0 Å². The first-order chi connectivity index (χ1) is 10.9. The van der Waals surface area contributed by atoms with Gasteiger partial charge in [0.05, 0.1) is 23.4 Å². The molecule has 0 saturated carbocycles. The number of aromatic nitrogens is 2. The highest BCUT2D eigenvalue weighted by atomic mass is 16.2. The van der Waals surface area contributed by atoms with Crippen molar-refractivity contribution in [2.24, 2.45) is 5.92 Å². The van der Waals surface area contributed by atoms with Crippen LogP contribution in [0.2, 0.25) is 0 Å². The molecule has 2 aromatic heterocycles. The molecule has 2 heterocycles. The van der Waals surface area contributed by atoms with E-state index in [1.165, 1.54) is 12.3 Å². The molecule has 0 aromatic carbocycles. The molecule has 0 spiro atoms. The molecular weight excluding hydrogens is 296 g/mol. The molecule has 8 nitrogen and oxygen atoms in total. The largest absolute Gasteiger partial charge is 0.397 e. The highest BCUT2D eigenvalue weighted by Gasteiger charge is 2.15. The van der Waals surface area contributed by atoms with Crippen LogP contribution in [0, 0.1) is 24.2 Å². The number of rotatable bonds is 5. The molecule has 2 rings (SSSR count). The van der Waals surface area contributed by atoms with Crippen molar-refractivity contribution in [1.29, 1.82) is 5.26 Å². The van der Waals surface area contributed by atoms with Crippen LogP contribution in [0.4, 0.5) is 11.4 Å². The number of nitriles is 1. The Bertz CT molecular complexity index is 767. The van der Waals surface area contributed by atoms with Crippen LogP contribution in [0.5, 0.6) is 0 Å². The van der Waals surface area contributed by atoms with E-state index in [1.807, 2.05) is 6.07 Å². The minimum atomic E-state index is -0.344. The van der Waals surface area contributed by atoms with Gasteiger partial charge >= 0.3 is 0 Å². The van der Waals surface area contributed by atoms with E-state index in [4.69, 9.17) is 11.0 Å². The maximum absolute atomic E-state index is 12.1. The first-order valence-electron chi connectivity index (χ1n) is 7.03. The lowest BCUT2D eigenvalue weighted by Gasteiger charge is -2.04. The molecule has 1 atom stereocenters. The number of H-pyrrole nitrogens is 2. The zero-order chi connectivity index (χ0) is 17.0. The normalized spacial score (nSPS) is 11.5. The zero-order valence-electron chi connectivity index (χ0n) is 12.9. The van der Waals surface area contributed by atoms with Gasteiger partial charge in [-0.25, -0.2) is 0 Å². The Balaban J connectivity index is 1.99. The molecule has 0 aliphatic rings. The Hall–Kier alpha value is -3.21. The van der Waals surface area contributed by atoms with E-state index < -0.39 is 0 Å². The second-order valence-corrected chi connectivity index (χ2v) is 5.24. The molecule has 120 valence electrons. The highest BCUT2D eigenvalue weighted by molar-refractivity contribution is 6.05. The molecule has 0 aliphatic heterocycles. The zero-order valence-corrected chi connectivity index (χ0v) is 12.9. The van der Waals surface area contributed by atoms with Gasteiger partial charge in [-0.1, -0.05) is 0 Å². The molecule has 0 radical (unpaired) electrons. The van der Waals surface area contributed by atoms with Crippen molar-refractivity contribution in [2.45, 2.75) is 13.8 Å². The molecule has 1 unspecified atom stereocenters. The van der Waals surface area contributed by atoms with Crippen molar-refractivity contribution >= 4 is 23.2 Å². The van der Waals surface area contributed by atoms with Gasteiger partial charge in [0.15, 0.2) is 0 Å². The number of hydrogen-bond acceptors (Lipinski definition) is 4. The third-order valence-electron chi connectivity index (χ3n) is 3.38. The Morgan fingerprint density at radius 1 is 1.35 bits per heavy atom. The Morgan fingerprint density at radius 3 is 2.70 bits per heavy atom. The summed E-state index contributed by atoms with van der Waals surface area (Å²) in [6.07, 6.45) is 3.07. The molecule has 0 saturated heterocycles. The molecule has 6 N–H and O–H groups in total. The number of anilines is 2. The number of nitrogens with one attached hydrogen (secondary N) is 4. The summed E-state index contributed by atoms with van der Waals surface area (Å²) in [4.78, 5) is 29.6. The Labute approximate surface area is 133 Å². The van der Waals surface area contributed by atoms with Gasteiger partial charge in [-0.05, 0) is 19.9 Å². The third kappa shape index (κ3) is 3.71. The van der Waals surface area contributed by atoms with Crippen LogP contribution in [0.1, 0.15) is 33.5 Å². The number of carbonyl (C=O) groups excluding carboxylic acids is 2. The lowest BCUT2D eigenvalue weighted by Crippen LogP contribution is -2.27. The van der Waals surface area contributed by atoms with E-state index in [0.717, 1.165) is 0 Å². The van der Waals surface area contributed by atoms with Crippen LogP contribution < -0.4 is 16.4 Å². The summed E-state index contributed by atoms with van der Waals surface area (Å²) >= 11 is 0. The molecule has 23 heavy (non-hydrogen) atoms. The summed E-state index contributed by atoms with van der Waals surface area (Å²) in [7, 11) is 0. The van der Waals surface area contributed by atoms with Gasteiger partial charge < -0.3 is 26.3 Å².